The summed E-state index contributed by atoms with van der Waals surface area (Å²) >= 11 is 0. The van der Waals surface area contributed by atoms with E-state index in [0.717, 1.165) is 19.4 Å². The first-order chi connectivity index (χ1) is 14.9. The van der Waals surface area contributed by atoms with Gasteiger partial charge in [0.05, 0.1) is 23.7 Å². The van der Waals surface area contributed by atoms with Gasteiger partial charge in [-0.1, -0.05) is 6.92 Å². The fourth-order valence-corrected chi connectivity index (χ4v) is 10.1. The van der Waals surface area contributed by atoms with Crippen LogP contribution in [0, 0.1) is 40.4 Å². The molecule has 0 amide bonds. The van der Waals surface area contributed by atoms with Crippen LogP contribution >= 0.6 is 0 Å². The fraction of sp³-hybridized carbons (Fsp3) is 0.917. The summed E-state index contributed by atoms with van der Waals surface area (Å²) < 4.78 is 17.5. The first kappa shape index (κ1) is 20.7. The summed E-state index contributed by atoms with van der Waals surface area (Å²) in [6, 6.07) is 0.170. The van der Waals surface area contributed by atoms with Gasteiger partial charge in [-0.05, 0) is 30.7 Å². The highest BCUT2D eigenvalue weighted by atomic mass is 16.5. The minimum Gasteiger partial charge on any atom is -0.389 e. The lowest BCUT2D eigenvalue weighted by Crippen LogP contribution is -2.79. The Bertz CT molecular complexity index is 833. The van der Waals surface area contributed by atoms with E-state index in [1.807, 2.05) is 0 Å². The molecule has 0 aromatic carbocycles. The number of rotatable bonds is 5. The molecule has 7 heteroatoms. The fourth-order valence-electron chi connectivity index (χ4n) is 10.1. The van der Waals surface area contributed by atoms with Crippen LogP contribution in [0.2, 0.25) is 0 Å². The number of methoxy groups -OCH3 is 3. The zero-order valence-corrected chi connectivity index (χ0v) is 19.0. The number of piperidine rings is 1. The molecule has 0 aromatic heterocycles. The third-order valence-corrected chi connectivity index (χ3v) is 10.7. The van der Waals surface area contributed by atoms with Crippen molar-refractivity contribution in [1.29, 1.82) is 0 Å². The molecule has 0 radical (unpaired) electrons. The third-order valence-electron chi connectivity index (χ3n) is 10.7. The molecule has 11 atom stereocenters. The molecule has 1 N–H and O–H groups in total. The van der Waals surface area contributed by atoms with Gasteiger partial charge in [-0.15, -0.1) is 0 Å². The molecular weight excluding hydrogens is 398 g/mol. The topological polar surface area (TPSA) is 85.3 Å². The maximum absolute atomic E-state index is 13.6. The largest absolute Gasteiger partial charge is 0.389 e. The van der Waals surface area contributed by atoms with Crippen LogP contribution in [0.4, 0.5) is 0 Å². The number of aliphatic hydroxyl groups is 1. The second kappa shape index (κ2) is 6.38. The molecule has 6 aliphatic rings. The number of nitrogens with zero attached hydrogens (tertiary/aromatic N) is 1. The molecule has 7 nitrogen and oxygen atoms in total. The number of carbonyl (C=O) groups excluding carboxylic acids is 2. The van der Waals surface area contributed by atoms with Crippen molar-refractivity contribution in [2.75, 3.05) is 41.0 Å². The Balaban J connectivity index is 1.58. The van der Waals surface area contributed by atoms with Crippen LogP contribution in [-0.2, 0) is 23.8 Å². The van der Waals surface area contributed by atoms with E-state index >= 15 is 0 Å². The van der Waals surface area contributed by atoms with Gasteiger partial charge in [0.15, 0.2) is 5.78 Å². The molecule has 6 fully saturated rings. The first-order valence-corrected chi connectivity index (χ1v) is 11.9. The normalized spacial score (nSPS) is 56.9. The zero-order chi connectivity index (χ0) is 21.9. The smallest absolute Gasteiger partial charge is 0.165 e. The van der Waals surface area contributed by atoms with Gasteiger partial charge < -0.3 is 19.3 Å². The number of carbonyl (C=O) groups is 2. The van der Waals surface area contributed by atoms with Crippen molar-refractivity contribution in [2.24, 2.45) is 40.4 Å². The van der Waals surface area contributed by atoms with Crippen molar-refractivity contribution in [3.05, 3.63) is 0 Å². The van der Waals surface area contributed by atoms with Crippen molar-refractivity contribution in [1.82, 2.24) is 4.90 Å². The van der Waals surface area contributed by atoms with E-state index in [9.17, 15) is 14.7 Å². The summed E-state index contributed by atoms with van der Waals surface area (Å²) in [5.74, 6) is 0.424. The van der Waals surface area contributed by atoms with Gasteiger partial charge in [0.2, 0.25) is 0 Å². The van der Waals surface area contributed by atoms with E-state index in [1.54, 1.807) is 21.3 Å². The van der Waals surface area contributed by atoms with E-state index in [4.69, 9.17) is 14.2 Å². The van der Waals surface area contributed by atoms with Gasteiger partial charge in [0.1, 0.15) is 11.9 Å². The molecule has 1 saturated heterocycles. The van der Waals surface area contributed by atoms with Crippen LogP contribution in [0.15, 0.2) is 0 Å². The second-order valence-corrected chi connectivity index (χ2v) is 11.1. The van der Waals surface area contributed by atoms with Gasteiger partial charge in [-0.2, -0.15) is 0 Å². The average Bonchev–Trinajstić information content (AvgIpc) is 2.91. The van der Waals surface area contributed by atoms with Gasteiger partial charge in [0.25, 0.3) is 0 Å². The Kier molecular flexibility index (Phi) is 4.27. The number of ether oxygens (including phenoxy) is 3. The van der Waals surface area contributed by atoms with Crippen LogP contribution in [0.25, 0.3) is 0 Å². The van der Waals surface area contributed by atoms with Crippen LogP contribution in [0.3, 0.4) is 0 Å². The number of likely N-dealkylation sites (tertiary alicyclic amines) is 1. The van der Waals surface area contributed by atoms with Crippen molar-refractivity contribution in [3.8, 4) is 0 Å². The minimum atomic E-state index is -1.00. The van der Waals surface area contributed by atoms with Crippen LogP contribution < -0.4 is 0 Å². The number of Topliss-reactive ketones (excluding diaryl/α,β-unsaturated/α-hetero) is 2. The van der Waals surface area contributed by atoms with Gasteiger partial charge in [0, 0.05) is 70.4 Å². The SMILES string of the molecule is CCN1C[C@]2(COC)C(=O)CC[C@]34C1[C@H]([C@H](OC)[C@H]23)[C@@]1(O)C[C@@H](OC)C(=O)C2C[C@@H]4[C@H]21. The highest BCUT2D eigenvalue weighted by Crippen LogP contribution is 2.79. The summed E-state index contributed by atoms with van der Waals surface area (Å²) in [4.78, 5) is 29.1. The standard InChI is InChI=1S/C24H35NO6/c1-5-25-10-22(11-29-2)15(26)6-7-23-13-8-12-16(13)24(28,9-14(30-3)18(12)27)17(21(23)25)19(31-4)20(22)23/h12-14,16-17,19-21,28H,5-11H2,1-4H3/t12?,13-,14-,16+,17+,19+,20-,21?,22+,23-,24-/m1/s1. The van der Waals surface area contributed by atoms with Gasteiger partial charge >= 0.3 is 0 Å². The Hall–Kier alpha value is -0.860. The number of fused-ring (bicyclic) bond motifs is 1. The molecule has 1 aliphatic heterocycles. The van der Waals surface area contributed by atoms with Gasteiger partial charge in [-0.3, -0.25) is 14.5 Å². The number of hydrogen-bond donors (Lipinski definition) is 1. The Morgan fingerprint density at radius 3 is 2.58 bits per heavy atom. The predicted octanol–water partition coefficient (Wildman–Crippen LogP) is 0.918. The molecule has 1 spiro atoms. The predicted molar refractivity (Wildman–Crippen MR) is 110 cm³/mol. The van der Waals surface area contributed by atoms with E-state index in [0.29, 0.717) is 26.0 Å². The maximum atomic E-state index is 13.6. The number of ketones is 2. The van der Waals surface area contributed by atoms with Crippen molar-refractivity contribution >= 4 is 11.6 Å². The highest BCUT2D eigenvalue weighted by molar-refractivity contribution is 5.90. The summed E-state index contributed by atoms with van der Waals surface area (Å²) in [6.45, 7) is 4.05. The maximum Gasteiger partial charge on any atom is 0.165 e. The Labute approximate surface area is 183 Å². The van der Waals surface area contributed by atoms with Crippen LogP contribution in [0.5, 0.6) is 0 Å². The van der Waals surface area contributed by atoms with Crippen LogP contribution in [0.1, 0.15) is 32.6 Å². The quantitative estimate of drug-likeness (QED) is 0.690. The van der Waals surface area contributed by atoms with E-state index in [2.05, 4.69) is 11.8 Å². The molecule has 2 unspecified atom stereocenters. The number of hydrogen-bond acceptors (Lipinski definition) is 7. The molecular formula is C24H35NO6. The second-order valence-electron chi connectivity index (χ2n) is 11.1. The van der Waals surface area contributed by atoms with Crippen molar-refractivity contribution < 1.29 is 28.9 Å². The van der Waals surface area contributed by atoms with Crippen LogP contribution in [-0.4, -0.2) is 86.4 Å². The van der Waals surface area contributed by atoms with Gasteiger partial charge in [-0.25, -0.2) is 0 Å². The van der Waals surface area contributed by atoms with E-state index in [1.165, 1.54) is 0 Å². The minimum absolute atomic E-state index is 0.0284. The van der Waals surface area contributed by atoms with Crippen molar-refractivity contribution in [2.45, 2.75) is 56.5 Å². The molecule has 31 heavy (non-hydrogen) atoms. The average molecular weight is 434 g/mol. The summed E-state index contributed by atoms with van der Waals surface area (Å²) in [6.07, 6.45) is 1.78. The molecule has 172 valence electrons. The summed E-state index contributed by atoms with van der Waals surface area (Å²) in [5.41, 5.74) is -1.70. The monoisotopic (exact) mass is 433 g/mol. The molecule has 1 heterocycles. The molecule has 0 aromatic rings. The van der Waals surface area contributed by atoms with Crippen molar-refractivity contribution in [3.63, 3.8) is 0 Å². The lowest BCUT2D eigenvalue weighted by molar-refractivity contribution is -0.282. The lowest BCUT2D eigenvalue weighted by Gasteiger charge is -2.73. The molecule has 5 saturated carbocycles. The Morgan fingerprint density at radius 1 is 1.16 bits per heavy atom. The first-order valence-electron chi connectivity index (χ1n) is 11.9. The van der Waals surface area contributed by atoms with E-state index in [-0.39, 0.29) is 58.7 Å². The zero-order valence-electron chi connectivity index (χ0n) is 19.0. The summed E-state index contributed by atoms with van der Waals surface area (Å²) in [7, 11) is 4.99. The molecule has 5 aliphatic carbocycles. The summed E-state index contributed by atoms with van der Waals surface area (Å²) in [5, 5.41) is 12.4. The molecule has 5 bridgehead atoms. The molecule has 6 rings (SSSR count). The van der Waals surface area contributed by atoms with E-state index < -0.39 is 17.1 Å². The highest BCUT2D eigenvalue weighted by Gasteiger charge is 2.86. The lowest BCUT2D eigenvalue weighted by atomic mass is 9.35. The third kappa shape index (κ3) is 2.02. The Morgan fingerprint density at radius 2 is 1.94 bits per heavy atom.